The number of aliphatic hydroxyl groups is 1. The lowest BCUT2D eigenvalue weighted by Crippen LogP contribution is -2.47. The average Bonchev–Trinajstić information content (AvgIpc) is 3.69. The lowest BCUT2D eigenvalue weighted by molar-refractivity contribution is -0.147. The molecule has 0 saturated carbocycles. The van der Waals surface area contributed by atoms with Crippen LogP contribution in [0.2, 0.25) is 18.1 Å². The molecule has 0 aromatic carbocycles. The number of carbonyl (C=O) groups is 1. The number of fused-ring (bicyclic) bond motifs is 3. The summed E-state index contributed by atoms with van der Waals surface area (Å²) >= 11 is 0. The summed E-state index contributed by atoms with van der Waals surface area (Å²) < 4.78 is 31.4. The fourth-order valence-corrected chi connectivity index (χ4v) is 7.34. The summed E-state index contributed by atoms with van der Waals surface area (Å²) in [6, 6.07) is 0. The maximum absolute atomic E-state index is 13.3. The second kappa shape index (κ2) is 15.2. The normalized spacial score (nSPS) is 36.0. The van der Waals surface area contributed by atoms with Crippen molar-refractivity contribution in [2.24, 2.45) is 5.92 Å². The minimum Gasteiger partial charge on any atom is -0.456 e. The van der Waals surface area contributed by atoms with Gasteiger partial charge in [-0.05, 0) is 69.5 Å². The first-order valence-electron chi connectivity index (χ1n) is 16.5. The van der Waals surface area contributed by atoms with Crippen LogP contribution in [0.3, 0.4) is 0 Å². The van der Waals surface area contributed by atoms with Crippen molar-refractivity contribution in [3.8, 4) is 0 Å². The molecule has 0 radical (unpaired) electrons. The molecule has 4 aliphatic rings. The molecule has 246 valence electrons. The quantitative estimate of drug-likeness (QED) is 0.150. The Balaban J connectivity index is 1.59. The molecule has 9 atom stereocenters. The van der Waals surface area contributed by atoms with E-state index in [4.69, 9.17) is 23.4 Å². The number of epoxide rings is 1. The molecule has 0 unspecified atom stereocenters. The smallest absolute Gasteiger partial charge is 0.330 e. The van der Waals surface area contributed by atoms with Gasteiger partial charge in [0.05, 0.1) is 37.1 Å². The molecule has 8 heteroatoms. The molecule has 0 spiro atoms. The summed E-state index contributed by atoms with van der Waals surface area (Å²) in [4.78, 5) is 13.3. The first kappa shape index (κ1) is 35.0. The second-order valence-electron chi connectivity index (χ2n) is 14.9. The van der Waals surface area contributed by atoms with Gasteiger partial charge in [-0.15, -0.1) is 0 Å². The van der Waals surface area contributed by atoms with Crippen molar-refractivity contribution in [2.45, 2.75) is 147 Å². The van der Waals surface area contributed by atoms with Gasteiger partial charge in [0.1, 0.15) is 18.3 Å². The van der Waals surface area contributed by atoms with Crippen LogP contribution in [0.25, 0.3) is 0 Å². The molecular weight excluding hydrogens is 572 g/mol. The van der Waals surface area contributed by atoms with Gasteiger partial charge in [0, 0.05) is 12.5 Å². The first-order valence-corrected chi connectivity index (χ1v) is 19.4. The Bertz CT molecular complexity index is 1120. The van der Waals surface area contributed by atoms with E-state index in [1.165, 1.54) is 11.6 Å². The standard InChI is InChI=1S/C36H56O7Si/c1-24-17-18-39-28(20-24)15-16-31(43-44(7,8)36(4,5)6)32-23-33-35(42-33)30(37)22-26(3)19-25(2)21-29-13-9-11-27(40-29)12-10-14-34(38)41-32/h9-11,14-17,25,27-33,35,37H,3,12-13,18-23H2,1-2,4-8H3/b14-10-,16-15+/t25-,27-,28+,29-,30+,31+,32-,33+,35+/m0/s1. The zero-order chi connectivity index (χ0) is 32.1. The van der Waals surface area contributed by atoms with Crippen molar-refractivity contribution in [2.75, 3.05) is 6.61 Å². The first-order chi connectivity index (χ1) is 20.7. The Kier molecular flexibility index (Phi) is 12.1. The van der Waals surface area contributed by atoms with Gasteiger partial charge in [0.2, 0.25) is 0 Å². The molecule has 1 N–H and O–H groups in total. The molecule has 1 fully saturated rings. The minimum absolute atomic E-state index is 0.0448. The van der Waals surface area contributed by atoms with Gasteiger partial charge >= 0.3 is 5.97 Å². The zero-order valence-corrected chi connectivity index (χ0v) is 29.0. The van der Waals surface area contributed by atoms with E-state index in [1.807, 2.05) is 12.2 Å². The van der Waals surface area contributed by atoms with Crippen LogP contribution in [0, 0.1) is 5.92 Å². The van der Waals surface area contributed by atoms with Gasteiger partial charge in [0.15, 0.2) is 8.32 Å². The molecular formula is C36H56O7Si. The molecule has 7 nitrogen and oxygen atoms in total. The van der Waals surface area contributed by atoms with Crippen molar-refractivity contribution in [1.82, 2.24) is 0 Å². The van der Waals surface area contributed by atoms with Crippen molar-refractivity contribution in [3.05, 3.63) is 60.3 Å². The number of hydrogen-bond acceptors (Lipinski definition) is 7. The van der Waals surface area contributed by atoms with E-state index in [2.05, 4.69) is 78.6 Å². The highest BCUT2D eigenvalue weighted by Crippen LogP contribution is 2.40. The molecule has 1 saturated heterocycles. The Morgan fingerprint density at radius 3 is 2.61 bits per heavy atom. The third-order valence-corrected chi connectivity index (χ3v) is 14.1. The summed E-state index contributed by atoms with van der Waals surface area (Å²) in [7, 11) is -2.27. The van der Waals surface area contributed by atoms with E-state index in [9.17, 15) is 9.90 Å². The van der Waals surface area contributed by atoms with E-state index >= 15 is 0 Å². The Morgan fingerprint density at radius 2 is 1.89 bits per heavy atom. The van der Waals surface area contributed by atoms with Crippen LogP contribution in [0.4, 0.5) is 0 Å². The summed E-state index contributed by atoms with van der Waals surface area (Å²) in [6.45, 7) is 20.2. The Hall–Kier alpha value is -1.81. The largest absolute Gasteiger partial charge is 0.456 e. The maximum atomic E-state index is 13.3. The van der Waals surface area contributed by atoms with Gasteiger partial charge in [-0.2, -0.15) is 0 Å². The van der Waals surface area contributed by atoms with Crippen LogP contribution in [0.5, 0.6) is 0 Å². The molecule has 4 rings (SSSR count). The number of esters is 1. The molecule has 2 bridgehead atoms. The highest BCUT2D eigenvalue weighted by molar-refractivity contribution is 6.74. The number of carbonyl (C=O) groups excluding carboxylic acids is 1. The third-order valence-electron chi connectivity index (χ3n) is 9.66. The van der Waals surface area contributed by atoms with Crippen LogP contribution >= 0.6 is 0 Å². The predicted octanol–water partition coefficient (Wildman–Crippen LogP) is 7.13. The minimum atomic E-state index is -2.27. The molecule has 0 aromatic rings. The van der Waals surface area contributed by atoms with Crippen molar-refractivity contribution >= 4 is 14.3 Å². The van der Waals surface area contributed by atoms with Crippen LogP contribution < -0.4 is 0 Å². The number of aliphatic hydroxyl groups excluding tert-OH is 1. The second-order valence-corrected chi connectivity index (χ2v) is 19.6. The topological polar surface area (TPSA) is 86.8 Å². The summed E-state index contributed by atoms with van der Waals surface area (Å²) in [5, 5.41) is 11.0. The van der Waals surface area contributed by atoms with Gasteiger partial charge in [-0.3, -0.25) is 0 Å². The van der Waals surface area contributed by atoms with Crippen LogP contribution in [-0.2, 0) is 28.2 Å². The SMILES string of the molecule is C=C1C[C@H](C)C[C@@H]2CC=C[C@@H](C/C=C\C(=O)O[C@H]([C@@H](/C=C/[C@@H]3CC(C)=CCO3)O[Si](C)(C)C(C)(C)C)C[C@H]3O[C@@H]3[C@H](O)C1)O2. The van der Waals surface area contributed by atoms with E-state index in [0.717, 1.165) is 31.3 Å². The molecule has 4 aliphatic heterocycles. The maximum Gasteiger partial charge on any atom is 0.330 e. The lowest BCUT2D eigenvalue weighted by Gasteiger charge is -2.40. The van der Waals surface area contributed by atoms with Crippen LogP contribution in [-0.4, -0.2) is 74.8 Å². The van der Waals surface area contributed by atoms with Crippen molar-refractivity contribution < 1.29 is 33.3 Å². The van der Waals surface area contributed by atoms with Gasteiger partial charge in [0.25, 0.3) is 0 Å². The highest BCUT2D eigenvalue weighted by Gasteiger charge is 2.48. The fraction of sp³-hybridized carbons (Fsp3) is 0.694. The molecule has 4 heterocycles. The average molecular weight is 629 g/mol. The summed E-state index contributed by atoms with van der Waals surface area (Å²) in [5.41, 5.74) is 2.32. The summed E-state index contributed by atoms with van der Waals surface area (Å²) in [5.74, 6) is -0.0267. The van der Waals surface area contributed by atoms with Crippen molar-refractivity contribution in [1.29, 1.82) is 0 Å². The zero-order valence-electron chi connectivity index (χ0n) is 28.0. The van der Waals surface area contributed by atoms with Gasteiger partial charge in [-0.25, -0.2) is 4.79 Å². The number of cyclic esters (lactones) is 1. The highest BCUT2D eigenvalue weighted by atomic mass is 28.4. The van der Waals surface area contributed by atoms with Gasteiger partial charge in [-0.1, -0.05) is 81.9 Å². The number of rotatable bonds is 5. The predicted molar refractivity (Wildman–Crippen MR) is 177 cm³/mol. The van der Waals surface area contributed by atoms with Crippen LogP contribution in [0.15, 0.2) is 60.3 Å². The lowest BCUT2D eigenvalue weighted by atomic mass is 9.91. The van der Waals surface area contributed by atoms with Crippen molar-refractivity contribution in [3.63, 3.8) is 0 Å². The number of ether oxygens (including phenoxy) is 4. The molecule has 0 amide bonds. The van der Waals surface area contributed by atoms with E-state index < -0.39 is 32.6 Å². The van der Waals surface area contributed by atoms with E-state index in [-0.39, 0.29) is 35.6 Å². The Morgan fingerprint density at radius 1 is 1.11 bits per heavy atom. The molecule has 0 aromatic heterocycles. The molecule has 0 aliphatic carbocycles. The third kappa shape index (κ3) is 10.4. The molecule has 44 heavy (non-hydrogen) atoms. The van der Waals surface area contributed by atoms with E-state index in [1.54, 1.807) is 0 Å². The fourth-order valence-electron chi connectivity index (χ4n) is 6.07. The monoisotopic (exact) mass is 628 g/mol. The number of hydrogen-bond donors (Lipinski definition) is 1. The Labute approximate surface area is 266 Å². The van der Waals surface area contributed by atoms with Gasteiger partial charge < -0.3 is 28.5 Å². The van der Waals surface area contributed by atoms with E-state index in [0.29, 0.717) is 31.8 Å². The van der Waals surface area contributed by atoms with Crippen LogP contribution in [0.1, 0.15) is 79.6 Å². The summed E-state index contributed by atoms with van der Waals surface area (Å²) in [6.07, 6.45) is 16.5.